The summed E-state index contributed by atoms with van der Waals surface area (Å²) in [5, 5.41) is 2.75. The first-order chi connectivity index (χ1) is 13.5. The third-order valence-electron chi connectivity index (χ3n) is 4.22. The number of anilines is 1. The lowest BCUT2D eigenvalue weighted by molar-refractivity contribution is -0.116. The Morgan fingerprint density at radius 2 is 1.71 bits per heavy atom. The summed E-state index contributed by atoms with van der Waals surface area (Å²) in [6.45, 7) is 3.89. The fraction of sp³-hybridized carbons (Fsp3) is 0.190. The average Bonchev–Trinajstić information content (AvgIpc) is 2.68. The molecule has 3 rings (SSSR count). The van der Waals surface area contributed by atoms with E-state index in [0.29, 0.717) is 23.7 Å². The summed E-state index contributed by atoms with van der Waals surface area (Å²) in [5.74, 6) is 0.116. The van der Waals surface area contributed by atoms with Crippen LogP contribution in [0.4, 0.5) is 5.69 Å². The summed E-state index contributed by atoms with van der Waals surface area (Å²) in [7, 11) is 0. The summed E-state index contributed by atoms with van der Waals surface area (Å²) in [4.78, 5) is 37.4. The van der Waals surface area contributed by atoms with E-state index in [9.17, 15) is 14.4 Å². The topological polar surface area (TPSA) is 82.3 Å². The Balaban J connectivity index is 1.87. The van der Waals surface area contributed by atoms with E-state index in [4.69, 9.17) is 4.74 Å². The van der Waals surface area contributed by atoms with Crippen LogP contribution < -0.4 is 21.2 Å². The molecular weight excluding hydrogens is 358 g/mol. The molecule has 1 N–H and O–H groups in total. The Morgan fingerprint density at radius 3 is 2.46 bits per heavy atom. The van der Waals surface area contributed by atoms with Gasteiger partial charge in [-0.15, -0.1) is 0 Å². The van der Waals surface area contributed by atoms with Crippen LogP contribution in [0.15, 0.2) is 70.5 Å². The molecule has 2 aromatic carbocycles. The molecule has 7 heteroatoms. The minimum atomic E-state index is -0.784. The van der Waals surface area contributed by atoms with E-state index in [0.717, 1.165) is 10.1 Å². The Kier molecular flexibility index (Phi) is 5.74. The lowest BCUT2D eigenvalue weighted by Crippen LogP contribution is -2.41. The van der Waals surface area contributed by atoms with Crippen molar-refractivity contribution in [2.45, 2.75) is 20.4 Å². The van der Waals surface area contributed by atoms with Gasteiger partial charge >= 0.3 is 11.1 Å². The van der Waals surface area contributed by atoms with Gasteiger partial charge in [0.15, 0.2) is 0 Å². The molecule has 0 radical (unpaired) electrons. The van der Waals surface area contributed by atoms with E-state index in [-0.39, 0.29) is 12.5 Å². The van der Waals surface area contributed by atoms with Gasteiger partial charge in [-0.1, -0.05) is 30.3 Å². The fourth-order valence-electron chi connectivity index (χ4n) is 2.81. The second-order valence-corrected chi connectivity index (χ2v) is 6.17. The zero-order valence-electron chi connectivity index (χ0n) is 15.7. The molecule has 0 bridgehead atoms. The summed E-state index contributed by atoms with van der Waals surface area (Å²) >= 11 is 0. The van der Waals surface area contributed by atoms with Crippen LogP contribution in [0.5, 0.6) is 5.75 Å². The molecule has 0 aliphatic carbocycles. The Hall–Kier alpha value is -3.61. The third kappa shape index (κ3) is 4.03. The molecule has 0 unspecified atom stereocenters. The minimum Gasteiger partial charge on any atom is -0.492 e. The number of carbonyl (C=O) groups is 1. The first-order valence-electron chi connectivity index (χ1n) is 8.91. The van der Waals surface area contributed by atoms with Gasteiger partial charge in [0.05, 0.1) is 12.3 Å². The highest BCUT2D eigenvalue weighted by atomic mass is 16.5. The summed E-state index contributed by atoms with van der Waals surface area (Å²) < 4.78 is 7.84. The van der Waals surface area contributed by atoms with E-state index in [2.05, 4.69) is 5.32 Å². The van der Waals surface area contributed by atoms with E-state index in [1.54, 1.807) is 30.3 Å². The van der Waals surface area contributed by atoms with Gasteiger partial charge in [0, 0.05) is 18.1 Å². The molecule has 0 saturated heterocycles. The van der Waals surface area contributed by atoms with Crippen LogP contribution in [0.1, 0.15) is 12.5 Å². The molecule has 0 aliphatic heterocycles. The minimum absolute atomic E-state index is 0.254. The Labute approximate surface area is 161 Å². The SMILES string of the molecule is CCOc1ccccc1-n1ccn(CC(=O)Nc2ccccc2C)c(=O)c1=O. The monoisotopic (exact) mass is 379 g/mol. The lowest BCUT2D eigenvalue weighted by Gasteiger charge is -2.13. The number of nitrogens with one attached hydrogen (secondary N) is 1. The van der Waals surface area contributed by atoms with Crippen LogP contribution in [0, 0.1) is 6.92 Å². The van der Waals surface area contributed by atoms with E-state index in [1.807, 2.05) is 32.0 Å². The smallest absolute Gasteiger partial charge is 0.321 e. The zero-order valence-corrected chi connectivity index (χ0v) is 15.7. The maximum atomic E-state index is 12.6. The molecular formula is C21H21N3O4. The summed E-state index contributed by atoms with van der Waals surface area (Å²) in [6, 6.07) is 14.3. The predicted molar refractivity (Wildman–Crippen MR) is 107 cm³/mol. The molecule has 1 amide bonds. The predicted octanol–water partition coefficient (Wildman–Crippen LogP) is 2.35. The molecule has 1 aromatic heterocycles. The normalized spacial score (nSPS) is 10.5. The van der Waals surface area contributed by atoms with Gasteiger partial charge in [0.2, 0.25) is 5.91 Å². The van der Waals surface area contributed by atoms with Crippen molar-refractivity contribution in [3.05, 3.63) is 87.2 Å². The number of amides is 1. The van der Waals surface area contributed by atoms with Gasteiger partial charge in [0.25, 0.3) is 0 Å². The van der Waals surface area contributed by atoms with Gasteiger partial charge in [-0.2, -0.15) is 0 Å². The zero-order chi connectivity index (χ0) is 20.1. The standard InChI is InChI=1S/C21H21N3O4/c1-3-28-18-11-7-6-10-17(18)24-13-12-23(20(26)21(24)27)14-19(25)22-16-9-5-4-8-15(16)2/h4-13H,3,14H2,1-2H3,(H,22,25). The Morgan fingerprint density at radius 1 is 1.00 bits per heavy atom. The first kappa shape index (κ1) is 19.2. The van der Waals surface area contributed by atoms with Gasteiger partial charge in [-0.05, 0) is 37.6 Å². The largest absolute Gasteiger partial charge is 0.492 e. The average molecular weight is 379 g/mol. The summed E-state index contributed by atoms with van der Waals surface area (Å²) in [5.41, 5.74) is 0.515. The van der Waals surface area contributed by atoms with E-state index >= 15 is 0 Å². The maximum absolute atomic E-state index is 12.6. The van der Waals surface area contributed by atoms with Gasteiger partial charge in [-0.3, -0.25) is 23.5 Å². The number of nitrogens with zero attached hydrogens (tertiary/aromatic N) is 2. The van der Waals surface area contributed by atoms with Crippen molar-refractivity contribution in [3.8, 4) is 11.4 Å². The molecule has 0 atom stereocenters. The number of ether oxygens (including phenoxy) is 1. The molecule has 0 aliphatic rings. The van der Waals surface area contributed by atoms with Crippen LogP contribution in [0.25, 0.3) is 5.69 Å². The van der Waals surface area contributed by atoms with Crippen molar-refractivity contribution in [1.29, 1.82) is 0 Å². The number of hydrogen-bond donors (Lipinski definition) is 1. The number of rotatable bonds is 6. The van der Waals surface area contributed by atoms with Gasteiger partial charge in [-0.25, -0.2) is 0 Å². The second kappa shape index (κ2) is 8.39. The van der Waals surface area contributed by atoms with Crippen molar-refractivity contribution in [2.24, 2.45) is 0 Å². The molecule has 28 heavy (non-hydrogen) atoms. The highest BCUT2D eigenvalue weighted by molar-refractivity contribution is 5.91. The third-order valence-corrected chi connectivity index (χ3v) is 4.22. The second-order valence-electron chi connectivity index (χ2n) is 6.17. The summed E-state index contributed by atoms with van der Waals surface area (Å²) in [6.07, 6.45) is 2.88. The van der Waals surface area contributed by atoms with Crippen LogP contribution in [0.3, 0.4) is 0 Å². The molecule has 0 saturated carbocycles. The van der Waals surface area contributed by atoms with Crippen molar-refractivity contribution in [1.82, 2.24) is 9.13 Å². The molecule has 3 aromatic rings. The molecule has 0 fully saturated rings. The highest BCUT2D eigenvalue weighted by Crippen LogP contribution is 2.20. The maximum Gasteiger partial charge on any atom is 0.321 e. The molecule has 7 nitrogen and oxygen atoms in total. The number of carbonyl (C=O) groups excluding carboxylic acids is 1. The molecule has 1 heterocycles. The number of aryl methyl sites for hydroxylation is 1. The van der Waals surface area contributed by atoms with Crippen LogP contribution in [-0.2, 0) is 11.3 Å². The number of aromatic nitrogens is 2. The van der Waals surface area contributed by atoms with Crippen LogP contribution >= 0.6 is 0 Å². The van der Waals surface area contributed by atoms with Gasteiger partial charge < -0.3 is 10.1 Å². The van der Waals surface area contributed by atoms with Gasteiger partial charge in [0.1, 0.15) is 12.3 Å². The van der Waals surface area contributed by atoms with Crippen molar-refractivity contribution >= 4 is 11.6 Å². The number of benzene rings is 2. The quantitative estimate of drug-likeness (QED) is 0.667. The fourth-order valence-corrected chi connectivity index (χ4v) is 2.81. The number of hydrogen-bond acceptors (Lipinski definition) is 4. The van der Waals surface area contributed by atoms with Crippen LogP contribution in [0.2, 0.25) is 0 Å². The van der Waals surface area contributed by atoms with Crippen molar-refractivity contribution in [2.75, 3.05) is 11.9 Å². The Bertz CT molecular complexity index is 1110. The molecule has 0 spiro atoms. The van der Waals surface area contributed by atoms with Crippen molar-refractivity contribution < 1.29 is 9.53 Å². The number of para-hydroxylation sites is 3. The van der Waals surface area contributed by atoms with Crippen molar-refractivity contribution in [3.63, 3.8) is 0 Å². The molecule has 144 valence electrons. The van der Waals surface area contributed by atoms with E-state index in [1.165, 1.54) is 17.0 Å². The van der Waals surface area contributed by atoms with E-state index < -0.39 is 11.1 Å². The van der Waals surface area contributed by atoms with Crippen LogP contribution in [-0.4, -0.2) is 21.6 Å². The first-order valence-corrected chi connectivity index (χ1v) is 8.91. The lowest BCUT2D eigenvalue weighted by atomic mass is 10.2. The highest BCUT2D eigenvalue weighted by Gasteiger charge is 2.13.